The van der Waals surface area contributed by atoms with Crippen molar-refractivity contribution < 1.29 is 9.59 Å². The molecular weight excluding hydrogens is 737 g/mol. The van der Waals surface area contributed by atoms with Crippen LogP contribution in [0.5, 0.6) is 0 Å². The number of carbonyl (C=O) groups is 2. The van der Waals surface area contributed by atoms with Crippen molar-refractivity contribution in [3.8, 4) is 33.6 Å². The van der Waals surface area contributed by atoms with Crippen molar-refractivity contribution in [2.45, 2.75) is 47.7 Å². The number of amides is 2. The molecule has 8 aromatic rings. The first-order chi connectivity index (χ1) is 28.4. The maximum Gasteiger partial charge on any atom is 0.257 e. The van der Waals surface area contributed by atoms with E-state index in [1.54, 1.807) is 24.7 Å². The van der Waals surface area contributed by atoms with E-state index in [1.165, 1.54) is 11.1 Å². The van der Waals surface area contributed by atoms with E-state index in [9.17, 15) is 9.59 Å². The lowest BCUT2D eigenvalue weighted by molar-refractivity contribution is 0.101. The van der Waals surface area contributed by atoms with Gasteiger partial charge in [0.25, 0.3) is 11.8 Å². The van der Waals surface area contributed by atoms with E-state index in [0.717, 1.165) is 61.5 Å². The fraction of sp³-hybridized carbons (Fsp3) is 0.191. The highest BCUT2D eigenvalue weighted by Gasteiger charge is 2.18. The Morgan fingerprint density at radius 2 is 1.14 bits per heavy atom. The number of hydrogen-bond donors (Lipinski definition) is 2. The largest absolute Gasteiger partial charge is 0.313 e. The maximum atomic E-state index is 13.4. The lowest BCUT2D eigenvalue weighted by Gasteiger charge is -2.13. The normalized spacial score (nSPS) is 11.2. The molecule has 0 aliphatic heterocycles. The Morgan fingerprint density at radius 1 is 0.559 bits per heavy atom. The molecule has 4 heterocycles. The van der Waals surface area contributed by atoms with Crippen molar-refractivity contribution in [3.05, 3.63) is 166 Å². The predicted molar refractivity (Wildman–Crippen MR) is 231 cm³/mol. The molecule has 0 saturated carbocycles. The standard InChI is InChI=1S/C47H46N10O2/c1-29-18-31(3)40(19-30(29)2)42-24-49-47(54(42)6)53-45(59)37-11-8-10-35(22-37)27-57-28-38(23-51-57)39-20-33(5)41(21-32(39)4)43-25-48-46(55(43)7)52-44(58)36-14-12-34(13-15-36)26-56-17-9-16-50-56/h8-25,28H,26-27H2,1-7H3,(H,48,52,58)(H,49,53,59). The van der Waals surface area contributed by atoms with E-state index in [4.69, 9.17) is 0 Å². The van der Waals surface area contributed by atoms with Crippen LogP contribution >= 0.6 is 0 Å². The van der Waals surface area contributed by atoms with Crippen molar-refractivity contribution in [2.24, 2.45) is 14.1 Å². The minimum atomic E-state index is -0.230. The van der Waals surface area contributed by atoms with Crippen LogP contribution in [0.25, 0.3) is 33.6 Å². The zero-order valence-corrected chi connectivity index (χ0v) is 34.3. The van der Waals surface area contributed by atoms with Gasteiger partial charge in [-0.1, -0.05) is 36.4 Å². The van der Waals surface area contributed by atoms with Crippen molar-refractivity contribution in [3.63, 3.8) is 0 Å². The molecule has 0 saturated heterocycles. The van der Waals surface area contributed by atoms with Crippen LogP contribution in [-0.4, -0.2) is 50.5 Å². The van der Waals surface area contributed by atoms with Gasteiger partial charge in [-0.25, -0.2) is 9.97 Å². The first-order valence-corrected chi connectivity index (χ1v) is 19.5. The summed E-state index contributed by atoms with van der Waals surface area (Å²) in [5.74, 6) is 0.486. The number of anilines is 2. The van der Waals surface area contributed by atoms with Crippen LogP contribution in [0.3, 0.4) is 0 Å². The lowest BCUT2D eigenvalue weighted by atomic mass is 9.95. The second kappa shape index (κ2) is 15.9. The minimum absolute atomic E-state index is 0.228. The quantitative estimate of drug-likeness (QED) is 0.135. The van der Waals surface area contributed by atoms with Crippen molar-refractivity contribution in [1.82, 2.24) is 38.7 Å². The van der Waals surface area contributed by atoms with Crippen molar-refractivity contribution in [2.75, 3.05) is 10.6 Å². The molecular formula is C47H46N10O2. The Labute approximate surface area is 343 Å². The Kier molecular flexibility index (Phi) is 10.4. The van der Waals surface area contributed by atoms with E-state index >= 15 is 0 Å². The average molecular weight is 783 g/mol. The Bertz CT molecular complexity index is 2840. The maximum absolute atomic E-state index is 13.4. The molecule has 12 nitrogen and oxygen atoms in total. The summed E-state index contributed by atoms with van der Waals surface area (Å²) in [7, 11) is 3.82. The molecule has 4 aromatic heterocycles. The molecule has 0 aliphatic rings. The first kappa shape index (κ1) is 38.5. The minimum Gasteiger partial charge on any atom is -0.313 e. The van der Waals surface area contributed by atoms with Gasteiger partial charge in [0.05, 0.1) is 43.1 Å². The van der Waals surface area contributed by atoms with Gasteiger partial charge in [-0.05, 0) is 122 Å². The predicted octanol–water partition coefficient (Wildman–Crippen LogP) is 8.69. The van der Waals surface area contributed by atoms with Gasteiger partial charge in [-0.2, -0.15) is 10.2 Å². The van der Waals surface area contributed by atoms with Crippen LogP contribution in [-0.2, 0) is 27.2 Å². The zero-order chi connectivity index (χ0) is 41.4. The number of nitrogens with one attached hydrogen (secondary N) is 2. The molecule has 59 heavy (non-hydrogen) atoms. The van der Waals surface area contributed by atoms with E-state index < -0.39 is 0 Å². The molecule has 0 fully saturated rings. The molecule has 8 rings (SSSR count). The molecule has 2 N–H and O–H groups in total. The average Bonchev–Trinajstić information content (AvgIpc) is 4.05. The van der Waals surface area contributed by atoms with Gasteiger partial charge in [0.2, 0.25) is 11.9 Å². The summed E-state index contributed by atoms with van der Waals surface area (Å²) in [6, 6.07) is 25.6. The summed E-state index contributed by atoms with van der Waals surface area (Å²) in [5, 5.41) is 14.9. The summed E-state index contributed by atoms with van der Waals surface area (Å²) in [6.07, 6.45) is 11.1. The number of hydrogen-bond acceptors (Lipinski definition) is 6. The molecule has 0 radical (unpaired) electrons. The molecule has 296 valence electrons. The third-order valence-electron chi connectivity index (χ3n) is 11.0. The summed E-state index contributed by atoms with van der Waals surface area (Å²) < 4.78 is 7.54. The van der Waals surface area contributed by atoms with E-state index in [1.807, 2.05) is 99.7 Å². The second-order valence-corrected chi connectivity index (χ2v) is 15.2. The number of aryl methyl sites for hydroxylation is 5. The number of rotatable bonds is 11. The third kappa shape index (κ3) is 7.97. The van der Waals surface area contributed by atoms with Crippen molar-refractivity contribution in [1.29, 1.82) is 0 Å². The number of imidazole rings is 2. The fourth-order valence-corrected chi connectivity index (χ4v) is 7.47. The Balaban J connectivity index is 0.926. The van der Waals surface area contributed by atoms with Gasteiger partial charge >= 0.3 is 0 Å². The number of aromatic nitrogens is 8. The topological polar surface area (TPSA) is 129 Å². The van der Waals surface area contributed by atoms with Gasteiger partial charge in [0.1, 0.15) is 0 Å². The zero-order valence-electron chi connectivity index (χ0n) is 34.3. The van der Waals surface area contributed by atoms with Gasteiger partial charge in [-0.15, -0.1) is 0 Å². The van der Waals surface area contributed by atoms with Crippen LogP contribution in [0.2, 0.25) is 0 Å². The molecule has 0 aliphatic carbocycles. The summed E-state index contributed by atoms with van der Waals surface area (Å²) in [4.78, 5) is 35.7. The van der Waals surface area contributed by atoms with Crippen LogP contribution < -0.4 is 10.6 Å². The van der Waals surface area contributed by atoms with Gasteiger partial charge < -0.3 is 9.13 Å². The van der Waals surface area contributed by atoms with Crippen LogP contribution in [0.1, 0.15) is 59.7 Å². The molecule has 0 bridgehead atoms. The van der Waals surface area contributed by atoms with E-state index in [-0.39, 0.29) is 11.8 Å². The Hall–Kier alpha value is -7.34. The van der Waals surface area contributed by atoms with E-state index in [0.29, 0.717) is 36.1 Å². The highest BCUT2D eigenvalue weighted by atomic mass is 16.2. The summed E-state index contributed by atoms with van der Waals surface area (Å²) >= 11 is 0. The highest BCUT2D eigenvalue weighted by Crippen LogP contribution is 2.33. The third-order valence-corrected chi connectivity index (χ3v) is 11.0. The number of carbonyl (C=O) groups excluding carboxylic acids is 2. The molecule has 12 heteroatoms. The molecule has 4 aromatic carbocycles. The van der Waals surface area contributed by atoms with Gasteiger partial charge in [0.15, 0.2) is 0 Å². The van der Waals surface area contributed by atoms with Crippen LogP contribution in [0.15, 0.2) is 116 Å². The summed E-state index contributed by atoms with van der Waals surface area (Å²) in [6.45, 7) is 11.6. The molecule has 0 atom stereocenters. The fourth-order valence-electron chi connectivity index (χ4n) is 7.47. The monoisotopic (exact) mass is 782 g/mol. The van der Waals surface area contributed by atoms with E-state index in [2.05, 4.69) is 89.7 Å². The lowest BCUT2D eigenvalue weighted by Crippen LogP contribution is -2.15. The van der Waals surface area contributed by atoms with Crippen LogP contribution in [0, 0.1) is 34.6 Å². The molecule has 0 unspecified atom stereocenters. The van der Waals surface area contributed by atoms with Crippen molar-refractivity contribution >= 4 is 23.7 Å². The smallest absolute Gasteiger partial charge is 0.257 e. The summed E-state index contributed by atoms with van der Waals surface area (Å²) in [5.41, 5.74) is 14.9. The second-order valence-electron chi connectivity index (χ2n) is 15.2. The Morgan fingerprint density at radius 3 is 1.80 bits per heavy atom. The SMILES string of the molecule is Cc1cc(C)c(-c2cnc(NC(=O)c3cccc(Cn4cc(-c5cc(C)c(-c6cnc(NC(=O)c7ccc(Cn8cccn8)cc7)n6C)cc5C)cn4)c3)n2C)cc1C. The van der Waals surface area contributed by atoms with Crippen LogP contribution in [0.4, 0.5) is 11.9 Å². The first-order valence-electron chi connectivity index (χ1n) is 19.5. The molecule has 0 spiro atoms. The number of nitrogens with zero attached hydrogens (tertiary/aromatic N) is 8. The number of benzene rings is 4. The van der Waals surface area contributed by atoms with Gasteiger partial charge in [0, 0.05) is 60.5 Å². The highest BCUT2D eigenvalue weighted by molar-refractivity contribution is 6.04. The van der Waals surface area contributed by atoms with Gasteiger partial charge in [-0.3, -0.25) is 29.6 Å². The molecule has 2 amide bonds.